The lowest BCUT2D eigenvalue weighted by Crippen LogP contribution is -2.53. The maximum Gasteiger partial charge on any atom is 0.178 e. The van der Waals surface area contributed by atoms with Crippen LogP contribution in [-0.2, 0) is 9.59 Å². The van der Waals surface area contributed by atoms with Gasteiger partial charge in [-0.1, -0.05) is 51.1 Å². The van der Waals surface area contributed by atoms with Gasteiger partial charge in [-0.25, -0.2) is 9.97 Å². The summed E-state index contributed by atoms with van der Waals surface area (Å²) in [5, 5.41) is 22.5. The van der Waals surface area contributed by atoms with Gasteiger partial charge in [-0.2, -0.15) is 0 Å². The van der Waals surface area contributed by atoms with Crippen LogP contribution >= 0.6 is 11.8 Å². The number of benzene rings is 1. The number of aliphatic hydroxyl groups is 2. The third kappa shape index (κ3) is 5.00. The van der Waals surface area contributed by atoms with E-state index in [2.05, 4.69) is 40.7 Å². The minimum Gasteiger partial charge on any atom is -0.396 e. The number of aromatic amines is 2. The number of rotatable bonds is 10. The van der Waals surface area contributed by atoms with E-state index in [1.54, 1.807) is 18.5 Å². The summed E-state index contributed by atoms with van der Waals surface area (Å²) in [4.78, 5) is 40.9. The number of aliphatic hydroxyl groups excluding tert-OH is 1. The highest BCUT2D eigenvalue weighted by Gasteiger charge is 2.60. The monoisotopic (exact) mass is 550 g/mol. The summed E-state index contributed by atoms with van der Waals surface area (Å²) < 4.78 is 0. The number of ketones is 2. The Morgan fingerprint density at radius 2 is 2.03 bits per heavy atom. The molecule has 0 spiro atoms. The maximum atomic E-state index is 13.6. The lowest BCUT2D eigenvalue weighted by Gasteiger charge is -2.44. The molecule has 3 unspecified atom stereocenters. The van der Waals surface area contributed by atoms with Crippen LogP contribution in [-0.4, -0.2) is 59.7 Å². The highest BCUT2D eigenvalue weighted by atomic mass is 32.2. The Morgan fingerprint density at radius 3 is 2.79 bits per heavy atom. The molecule has 4 atom stereocenters. The van der Waals surface area contributed by atoms with Crippen molar-refractivity contribution in [3.8, 4) is 0 Å². The summed E-state index contributed by atoms with van der Waals surface area (Å²) in [6.07, 6.45) is 10.1. The Balaban J connectivity index is 1.28. The smallest absolute Gasteiger partial charge is 0.178 e. The fourth-order valence-electron chi connectivity index (χ4n) is 6.79. The Kier molecular flexibility index (Phi) is 7.37. The van der Waals surface area contributed by atoms with Crippen molar-refractivity contribution >= 4 is 45.4 Å². The van der Waals surface area contributed by atoms with Crippen LogP contribution in [0, 0.1) is 22.7 Å². The normalized spacial score (nSPS) is 27.4. The molecule has 0 saturated heterocycles. The van der Waals surface area contributed by atoms with Gasteiger partial charge in [-0.15, -0.1) is 0 Å². The molecular formula is C30H38N4O4S. The number of nitrogens with one attached hydrogen (secondary N) is 2. The third-order valence-corrected chi connectivity index (χ3v) is 10.3. The summed E-state index contributed by atoms with van der Waals surface area (Å²) in [5.41, 5.74) is 2.06. The molecule has 4 N–H and O–H groups in total. The zero-order valence-electron chi connectivity index (χ0n) is 23.1. The van der Waals surface area contributed by atoms with E-state index >= 15 is 0 Å². The first-order chi connectivity index (χ1) is 18.5. The number of thioether (sulfide) groups is 1. The second-order valence-corrected chi connectivity index (χ2v) is 13.0. The summed E-state index contributed by atoms with van der Waals surface area (Å²) in [7, 11) is 0. The molecule has 2 aromatic heterocycles. The van der Waals surface area contributed by atoms with Crippen molar-refractivity contribution < 1.29 is 19.8 Å². The first-order valence-corrected chi connectivity index (χ1v) is 14.7. The van der Waals surface area contributed by atoms with Crippen LogP contribution in [0.3, 0.4) is 0 Å². The molecule has 1 saturated carbocycles. The van der Waals surface area contributed by atoms with E-state index in [4.69, 9.17) is 0 Å². The molecule has 39 heavy (non-hydrogen) atoms. The fraction of sp³-hybridized carbons (Fsp3) is 0.533. The number of aromatic nitrogens is 4. The Morgan fingerprint density at radius 1 is 1.23 bits per heavy atom. The number of hydrogen-bond acceptors (Lipinski definition) is 7. The average Bonchev–Trinajstić information content (AvgIpc) is 3.57. The molecule has 5 rings (SSSR count). The van der Waals surface area contributed by atoms with Gasteiger partial charge in [-0.3, -0.25) is 9.59 Å². The van der Waals surface area contributed by atoms with Crippen LogP contribution in [0.2, 0.25) is 0 Å². The van der Waals surface area contributed by atoms with Gasteiger partial charge in [-0.05, 0) is 68.2 Å². The average molecular weight is 551 g/mol. The molecule has 0 bridgehead atoms. The molecule has 2 aliphatic rings. The Bertz CT molecular complexity index is 1420. The number of allylic oxidation sites excluding steroid dienone is 4. The molecule has 2 aliphatic carbocycles. The van der Waals surface area contributed by atoms with E-state index in [-0.39, 0.29) is 41.2 Å². The van der Waals surface area contributed by atoms with Gasteiger partial charge in [0.15, 0.2) is 16.7 Å². The number of carbonyl (C=O) groups excluding carboxylic acids is 2. The van der Waals surface area contributed by atoms with Gasteiger partial charge in [0, 0.05) is 17.4 Å². The van der Waals surface area contributed by atoms with E-state index in [0.29, 0.717) is 18.0 Å². The molecule has 2 heterocycles. The van der Waals surface area contributed by atoms with Gasteiger partial charge in [0.25, 0.3) is 0 Å². The molecule has 1 aromatic carbocycles. The van der Waals surface area contributed by atoms with Crippen molar-refractivity contribution in [3.63, 3.8) is 0 Å². The molecule has 0 aliphatic heterocycles. The standard InChI is InChI=1S/C30H38N4O4S/c1-18(5-6-19-13-20(36)7-9-28(19,2)3)21-8-10-30(38,29(21,4)11-12-35)26(37)16-39-27-33-24-14-22-23(32-17-31-22)15-25(24)34-27/h7,9,13-15,17-18,21,35,38H,5-6,8,10-12,16H2,1-4H3,(H,31,32)(H,33,34)/t18?,21?,29?,30-/m0/s1. The van der Waals surface area contributed by atoms with E-state index in [1.807, 2.05) is 25.1 Å². The number of nitrogens with zero attached hydrogens (tertiary/aromatic N) is 2. The van der Waals surface area contributed by atoms with E-state index in [0.717, 1.165) is 46.9 Å². The molecule has 3 aromatic rings. The quantitative estimate of drug-likeness (QED) is 0.257. The second-order valence-electron chi connectivity index (χ2n) is 12.1. The fourth-order valence-corrected chi connectivity index (χ4v) is 7.64. The highest BCUT2D eigenvalue weighted by Crippen LogP contribution is 2.57. The van der Waals surface area contributed by atoms with Crippen molar-refractivity contribution in [1.82, 2.24) is 19.9 Å². The Labute approximate surface area is 232 Å². The van der Waals surface area contributed by atoms with Gasteiger partial charge in [0.1, 0.15) is 5.60 Å². The van der Waals surface area contributed by atoms with E-state index in [1.165, 1.54) is 11.8 Å². The van der Waals surface area contributed by atoms with Crippen molar-refractivity contribution in [2.24, 2.45) is 22.7 Å². The first kappa shape index (κ1) is 27.8. The largest absolute Gasteiger partial charge is 0.396 e. The van der Waals surface area contributed by atoms with Crippen molar-refractivity contribution in [2.45, 2.75) is 70.6 Å². The van der Waals surface area contributed by atoms with Crippen molar-refractivity contribution in [1.29, 1.82) is 0 Å². The predicted octanol–water partition coefficient (Wildman–Crippen LogP) is 5.14. The van der Waals surface area contributed by atoms with Gasteiger partial charge < -0.3 is 20.2 Å². The molecule has 0 radical (unpaired) electrons. The molecule has 208 valence electrons. The van der Waals surface area contributed by atoms with Crippen LogP contribution in [0.15, 0.2) is 47.4 Å². The van der Waals surface area contributed by atoms with Crippen LogP contribution in [0.1, 0.15) is 59.8 Å². The third-order valence-electron chi connectivity index (χ3n) is 9.38. The molecule has 1 fully saturated rings. The summed E-state index contributed by atoms with van der Waals surface area (Å²) in [6, 6.07) is 3.84. The number of fused-ring (bicyclic) bond motifs is 2. The van der Waals surface area contributed by atoms with Gasteiger partial charge in [0.2, 0.25) is 0 Å². The van der Waals surface area contributed by atoms with Crippen LogP contribution in [0.5, 0.6) is 0 Å². The lowest BCUT2D eigenvalue weighted by molar-refractivity contribution is -0.151. The number of hydrogen-bond donors (Lipinski definition) is 4. The van der Waals surface area contributed by atoms with Crippen molar-refractivity contribution in [2.75, 3.05) is 12.4 Å². The molecule has 8 nitrogen and oxygen atoms in total. The van der Waals surface area contributed by atoms with E-state index < -0.39 is 11.0 Å². The molecule has 9 heteroatoms. The summed E-state index contributed by atoms with van der Waals surface area (Å²) in [5.74, 6) is 0.175. The van der Waals surface area contributed by atoms with Crippen LogP contribution < -0.4 is 0 Å². The minimum atomic E-state index is -1.52. The zero-order chi connectivity index (χ0) is 28.0. The topological polar surface area (TPSA) is 132 Å². The van der Waals surface area contributed by atoms with Crippen LogP contribution in [0.4, 0.5) is 0 Å². The summed E-state index contributed by atoms with van der Waals surface area (Å²) >= 11 is 1.29. The first-order valence-electron chi connectivity index (χ1n) is 13.7. The SMILES string of the molecule is CC(CCC1=CC(=O)C=CC1(C)C)C1CC[C@](O)(C(=O)CSc2nc3cc4nc[nH]c4cc3[nH]2)C1(C)CCO. The second kappa shape index (κ2) is 10.3. The number of carbonyl (C=O) groups is 2. The summed E-state index contributed by atoms with van der Waals surface area (Å²) in [6.45, 7) is 8.28. The highest BCUT2D eigenvalue weighted by molar-refractivity contribution is 7.99. The zero-order valence-corrected chi connectivity index (χ0v) is 23.9. The maximum absolute atomic E-state index is 13.6. The van der Waals surface area contributed by atoms with Gasteiger partial charge in [0.05, 0.1) is 34.1 Å². The number of H-pyrrole nitrogens is 2. The van der Waals surface area contributed by atoms with Crippen LogP contribution in [0.25, 0.3) is 22.1 Å². The Hall–Kier alpha value is -2.75. The number of imidazole rings is 2. The molecular weight excluding hydrogens is 512 g/mol. The van der Waals surface area contributed by atoms with Crippen molar-refractivity contribution in [3.05, 3.63) is 42.3 Å². The van der Waals surface area contributed by atoms with Gasteiger partial charge >= 0.3 is 0 Å². The number of Topliss-reactive ketones (excluding diaryl/α,β-unsaturated/α-hetero) is 1. The lowest BCUT2D eigenvalue weighted by atomic mass is 9.63. The predicted molar refractivity (Wildman–Crippen MR) is 153 cm³/mol. The molecule has 0 amide bonds. The minimum absolute atomic E-state index is 0.0270. The van der Waals surface area contributed by atoms with E-state index in [9.17, 15) is 19.8 Å².